The summed E-state index contributed by atoms with van der Waals surface area (Å²) in [6.07, 6.45) is 0. The van der Waals surface area contributed by atoms with Crippen LogP contribution in [0.5, 0.6) is 5.75 Å². The number of carbonyl (C=O) groups is 1. The highest BCUT2D eigenvalue weighted by Crippen LogP contribution is 2.27. The lowest BCUT2D eigenvalue weighted by atomic mass is 10.1. The van der Waals surface area contributed by atoms with Crippen LogP contribution in [0.3, 0.4) is 0 Å². The Morgan fingerprint density at radius 1 is 1.42 bits per heavy atom. The Balaban J connectivity index is 2.55. The van der Waals surface area contributed by atoms with E-state index in [1.165, 1.54) is 0 Å². The molecule has 0 aromatic heterocycles. The zero-order valence-electron chi connectivity index (χ0n) is 11.9. The van der Waals surface area contributed by atoms with E-state index < -0.39 is 0 Å². The van der Waals surface area contributed by atoms with Crippen LogP contribution in [-0.2, 0) is 9.53 Å². The van der Waals surface area contributed by atoms with Crippen LogP contribution >= 0.6 is 0 Å². The number of ether oxygens (including phenoxy) is 2. The van der Waals surface area contributed by atoms with Crippen LogP contribution in [0.2, 0.25) is 0 Å². The lowest BCUT2D eigenvalue weighted by Crippen LogP contribution is -2.38. The molecule has 0 saturated carbocycles. The number of anilines is 1. The van der Waals surface area contributed by atoms with Gasteiger partial charge in [0.15, 0.2) is 6.61 Å². The smallest absolute Gasteiger partial charge is 0.258 e. The van der Waals surface area contributed by atoms with Gasteiger partial charge in [0.2, 0.25) is 0 Å². The van der Waals surface area contributed by atoms with Crippen LogP contribution in [0.15, 0.2) is 12.1 Å². The van der Waals surface area contributed by atoms with Crippen LogP contribution in [0.4, 0.5) is 5.69 Å². The van der Waals surface area contributed by atoms with Gasteiger partial charge in [-0.25, -0.2) is 0 Å². The number of nitrogens with one attached hydrogen (secondary N) is 1. The quantitative estimate of drug-likeness (QED) is 0.764. The lowest BCUT2D eigenvalue weighted by molar-refractivity contribution is -0.124. The average Bonchev–Trinajstić information content (AvgIpc) is 2.27. The van der Waals surface area contributed by atoms with Gasteiger partial charge in [0.1, 0.15) is 5.75 Å². The van der Waals surface area contributed by atoms with E-state index in [0.29, 0.717) is 18.0 Å². The molecular formula is C14H22N2O3. The maximum Gasteiger partial charge on any atom is 0.258 e. The van der Waals surface area contributed by atoms with Crippen molar-refractivity contribution in [3.8, 4) is 5.75 Å². The highest BCUT2D eigenvalue weighted by molar-refractivity contribution is 5.78. The molecule has 0 bridgehead atoms. The van der Waals surface area contributed by atoms with Crippen molar-refractivity contribution in [2.24, 2.45) is 0 Å². The van der Waals surface area contributed by atoms with Crippen molar-refractivity contribution >= 4 is 11.6 Å². The first-order valence-corrected chi connectivity index (χ1v) is 6.22. The van der Waals surface area contributed by atoms with E-state index >= 15 is 0 Å². The van der Waals surface area contributed by atoms with Gasteiger partial charge in [-0.1, -0.05) is 6.07 Å². The van der Waals surface area contributed by atoms with Crippen molar-refractivity contribution < 1.29 is 14.3 Å². The fraction of sp³-hybridized carbons (Fsp3) is 0.500. The Morgan fingerprint density at radius 2 is 2.11 bits per heavy atom. The van der Waals surface area contributed by atoms with Crippen molar-refractivity contribution in [2.75, 3.05) is 26.1 Å². The summed E-state index contributed by atoms with van der Waals surface area (Å²) in [7, 11) is 1.59. The maximum absolute atomic E-state index is 11.7. The number of nitrogens with two attached hydrogens (primary N) is 1. The second kappa shape index (κ2) is 6.99. The number of nitrogen functional groups attached to an aromatic ring is 1. The number of hydrogen-bond donors (Lipinski definition) is 2. The lowest BCUT2D eigenvalue weighted by Gasteiger charge is -2.15. The van der Waals surface area contributed by atoms with Gasteiger partial charge in [-0.05, 0) is 38.0 Å². The Labute approximate surface area is 114 Å². The standard InChI is InChI=1S/C14H22N2O3/c1-9-5-10(2)14(12(15)6-9)19-8-13(17)16-11(3)7-18-4/h5-6,11H,7-8,15H2,1-4H3,(H,16,17). The van der Waals surface area contributed by atoms with E-state index in [1.54, 1.807) is 7.11 Å². The number of amides is 1. The number of benzene rings is 1. The van der Waals surface area contributed by atoms with E-state index in [4.69, 9.17) is 15.2 Å². The van der Waals surface area contributed by atoms with Crippen LogP contribution in [0.25, 0.3) is 0 Å². The van der Waals surface area contributed by atoms with Crippen LogP contribution in [0, 0.1) is 13.8 Å². The topological polar surface area (TPSA) is 73.6 Å². The normalized spacial score (nSPS) is 12.0. The molecule has 5 nitrogen and oxygen atoms in total. The summed E-state index contributed by atoms with van der Waals surface area (Å²) in [5.41, 5.74) is 8.43. The summed E-state index contributed by atoms with van der Waals surface area (Å²) < 4.78 is 10.4. The third kappa shape index (κ3) is 4.79. The number of hydrogen-bond acceptors (Lipinski definition) is 4. The minimum atomic E-state index is -0.191. The van der Waals surface area contributed by atoms with Gasteiger partial charge >= 0.3 is 0 Å². The molecular weight excluding hydrogens is 244 g/mol. The molecule has 0 saturated heterocycles. The van der Waals surface area contributed by atoms with Crippen LogP contribution < -0.4 is 15.8 Å². The van der Waals surface area contributed by atoms with E-state index in [0.717, 1.165) is 11.1 Å². The van der Waals surface area contributed by atoms with Gasteiger partial charge in [-0.2, -0.15) is 0 Å². The summed E-state index contributed by atoms with van der Waals surface area (Å²) >= 11 is 0. The molecule has 1 aromatic carbocycles. The largest absolute Gasteiger partial charge is 0.481 e. The highest BCUT2D eigenvalue weighted by Gasteiger charge is 2.10. The van der Waals surface area contributed by atoms with Crippen molar-refractivity contribution in [3.05, 3.63) is 23.3 Å². The average molecular weight is 266 g/mol. The van der Waals surface area contributed by atoms with Gasteiger partial charge in [0, 0.05) is 13.2 Å². The van der Waals surface area contributed by atoms with Gasteiger partial charge in [0.25, 0.3) is 5.91 Å². The number of methoxy groups -OCH3 is 1. The Morgan fingerprint density at radius 3 is 2.68 bits per heavy atom. The molecule has 1 aromatic rings. The van der Waals surface area contributed by atoms with Crippen molar-refractivity contribution in [3.63, 3.8) is 0 Å². The predicted molar refractivity (Wildman–Crippen MR) is 75.3 cm³/mol. The fourth-order valence-electron chi connectivity index (χ4n) is 1.93. The summed E-state index contributed by atoms with van der Waals surface area (Å²) in [6, 6.07) is 3.75. The molecule has 0 aliphatic carbocycles. The Bertz CT molecular complexity index is 423. The number of carbonyl (C=O) groups excluding carboxylic acids is 1. The van der Waals surface area contributed by atoms with Gasteiger partial charge < -0.3 is 20.5 Å². The van der Waals surface area contributed by atoms with E-state index in [-0.39, 0.29) is 18.6 Å². The molecule has 106 valence electrons. The predicted octanol–water partition coefficient (Wildman–Crippen LogP) is 1.42. The molecule has 0 heterocycles. The molecule has 0 radical (unpaired) electrons. The van der Waals surface area contributed by atoms with Crippen LogP contribution in [0.1, 0.15) is 18.1 Å². The summed E-state index contributed by atoms with van der Waals surface area (Å²) in [4.78, 5) is 11.7. The van der Waals surface area contributed by atoms with Gasteiger partial charge in [-0.15, -0.1) is 0 Å². The fourth-order valence-corrected chi connectivity index (χ4v) is 1.93. The minimum Gasteiger partial charge on any atom is -0.481 e. The van der Waals surface area contributed by atoms with Crippen molar-refractivity contribution in [1.82, 2.24) is 5.32 Å². The molecule has 3 N–H and O–H groups in total. The first-order valence-electron chi connectivity index (χ1n) is 6.22. The first-order chi connectivity index (χ1) is 8.93. The molecule has 1 atom stereocenters. The SMILES string of the molecule is COCC(C)NC(=O)COc1c(C)cc(C)cc1N. The summed E-state index contributed by atoms with van der Waals surface area (Å²) in [5.74, 6) is 0.379. The van der Waals surface area contributed by atoms with Crippen LogP contribution in [-0.4, -0.2) is 32.3 Å². The van der Waals surface area contributed by atoms with Crippen molar-refractivity contribution in [2.45, 2.75) is 26.8 Å². The zero-order valence-corrected chi connectivity index (χ0v) is 11.9. The second-order valence-electron chi connectivity index (χ2n) is 4.71. The molecule has 5 heteroatoms. The van der Waals surface area contributed by atoms with Crippen molar-refractivity contribution in [1.29, 1.82) is 0 Å². The van der Waals surface area contributed by atoms with E-state index in [1.807, 2.05) is 32.9 Å². The van der Waals surface area contributed by atoms with Gasteiger partial charge in [-0.3, -0.25) is 4.79 Å². The monoisotopic (exact) mass is 266 g/mol. The molecule has 0 fully saturated rings. The summed E-state index contributed by atoms with van der Waals surface area (Å²) in [5, 5.41) is 2.77. The molecule has 1 rings (SSSR count). The Kier molecular flexibility index (Phi) is 5.63. The molecule has 0 aliphatic heterocycles. The molecule has 0 spiro atoms. The third-order valence-electron chi connectivity index (χ3n) is 2.62. The number of aryl methyl sites for hydroxylation is 2. The molecule has 1 unspecified atom stereocenters. The van der Waals surface area contributed by atoms with E-state index in [9.17, 15) is 4.79 Å². The molecule has 1 amide bonds. The highest BCUT2D eigenvalue weighted by atomic mass is 16.5. The summed E-state index contributed by atoms with van der Waals surface area (Å²) in [6.45, 7) is 6.16. The van der Waals surface area contributed by atoms with Gasteiger partial charge in [0.05, 0.1) is 12.3 Å². The minimum absolute atomic E-state index is 0.0439. The third-order valence-corrected chi connectivity index (χ3v) is 2.62. The molecule has 19 heavy (non-hydrogen) atoms. The maximum atomic E-state index is 11.7. The Hall–Kier alpha value is -1.75. The second-order valence-corrected chi connectivity index (χ2v) is 4.71. The zero-order chi connectivity index (χ0) is 14.4. The molecule has 0 aliphatic rings. The van der Waals surface area contributed by atoms with E-state index in [2.05, 4.69) is 5.32 Å². The first kappa shape index (κ1) is 15.3. The number of rotatable bonds is 6.